The molecule has 3 rings (SSSR count). The Balaban J connectivity index is 1.92. The molecule has 0 fully saturated rings. The van der Waals surface area contributed by atoms with Crippen LogP contribution in [0.5, 0.6) is 5.75 Å². The van der Waals surface area contributed by atoms with Gasteiger partial charge in [0, 0.05) is 17.8 Å². The minimum absolute atomic E-state index is 0.0168. The van der Waals surface area contributed by atoms with Crippen LogP contribution in [0.1, 0.15) is 37.0 Å². The zero-order valence-electron chi connectivity index (χ0n) is 15.5. The lowest BCUT2D eigenvalue weighted by Gasteiger charge is -2.31. The molecule has 0 saturated carbocycles. The topological polar surface area (TPSA) is 107 Å². The quantitative estimate of drug-likeness (QED) is 0.432. The highest BCUT2D eigenvalue weighted by Crippen LogP contribution is 2.36. The summed E-state index contributed by atoms with van der Waals surface area (Å²) in [6.45, 7) is 3.77. The molecule has 1 aliphatic rings. The van der Waals surface area contributed by atoms with Gasteiger partial charge in [-0.15, -0.1) is 10.1 Å². The van der Waals surface area contributed by atoms with E-state index in [1.165, 1.54) is 10.6 Å². The first-order valence-electron chi connectivity index (χ1n) is 8.75. The number of hydrogen-bond acceptors (Lipinski definition) is 6. The zero-order valence-corrected chi connectivity index (χ0v) is 15.5. The Labute approximate surface area is 161 Å². The number of rotatable bonds is 6. The molecule has 1 aromatic heterocycles. The number of pyridine rings is 1. The number of aromatic nitrogens is 1. The van der Waals surface area contributed by atoms with E-state index in [-0.39, 0.29) is 12.2 Å². The Morgan fingerprint density at radius 1 is 1.32 bits per heavy atom. The molecule has 1 aliphatic heterocycles. The van der Waals surface area contributed by atoms with E-state index >= 15 is 0 Å². The summed E-state index contributed by atoms with van der Waals surface area (Å²) in [7, 11) is 0. The maximum atomic E-state index is 12.7. The second-order valence-electron chi connectivity index (χ2n) is 6.96. The number of aryl methyl sites for hydroxylation is 1. The van der Waals surface area contributed by atoms with Crippen LogP contribution < -0.4 is 10.3 Å². The lowest BCUT2D eigenvalue weighted by atomic mass is 9.97. The lowest BCUT2D eigenvalue weighted by molar-refractivity contribution is -0.757. The van der Waals surface area contributed by atoms with Gasteiger partial charge in [0.2, 0.25) is 0 Å². The third kappa shape index (κ3) is 4.20. The van der Waals surface area contributed by atoms with E-state index in [9.17, 15) is 20.2 Å². The van der Waals surface area contributed by atoms with Gasteiger partial charge in [0.15, 0.2) is 0 Å². The van der Waals surface area contributed by atoms with Crippen molar-refractivity contribution in [3.05, 3.63) is 79.8 Å². The van der Waals surface area contributed by atoms with Gasteiger partial charge in [-0.2, -0.15) is 5.26 Å². The molecule has 2 heterocycles. The first kappa shape index (κ1) is 19.2. The van der Waals surface area contributed by atoms with E-state index in [1.54, 1.807) is 30.5 Å². The molecule has 1 aromatic carbocycles. The molecule has 0 spiro atoms. The van der Waals surface area contributed by atoms with Crippen LogP contribution in [-0.2, 0) is 11.3 Å². The fraction of sp³-hybridized carbons (Fsp3) is 0.300. The van der Waals surface area contributed by atoms with E-state index in [2.05, 4.69) is 10.9 Å². The van der Waals surface area contributed by atoms with Gasteiger partial charge in [-0.3, -0.25) is 9.36 Å². The number of hydrogen-bond donors (Lipinski definition) is 0. The summed E-state index contributed by atoms with van der Waals surface area (Å²) in [5.74, 6) is 0.606. The number of benzene rings is 1. The molecule has 28 heavy (non-hydrogen) atoms. The fourth-order valence-electron chi connectivity index (χ4n) is 3.10. The maximum absolute atomic E-state index is 12.7. The maximum Gasteiger partial charge on any atom is 0.294 e. The molecule has 0 bridgehead atoms. The van der Waals surface area contributed by atoms with E-state index < -0.39 is 10.7 Å². The van der Waals surface area contributed by atoms with Crippen molar-refractivity contribution in [2.24, 2.45) is 0 Å². The van der Waals surface area contributed by atoms with Crippen LogP contribution in [0.3, 0.4) is 0 Å². The molecule has 2 aromatic rings. The first-order valence-corrected chi connectivity index (χ1v) is 8.75. The number of nitrogens with zero attached hydrogens (tertiary/aromatic N) is 3. The highest BCUT2D eigenvalue weighted by molar-refractivity contribution is 5.74. The molecular formula is C20H19N3O5. The van der Waals surface area contributed by atoms with Crippen molar-refractivity contribution in [3.63, 3.8) is 0 Å². The smallest absolute Gasteiger partial charge is 0.294 e. The Bertz CT molecular complexity index is 1050. The van der Waals surface area contributed by atoms with Crippen molar-refractivity contribution in [1.29, 1.82) is 5.26 Å². The molecular weight excluding hydrogens is 362 g/mol. The van der Waals surface area contributed by atoms with Crippen LogP contribution in [-0.4, -0.2) is 21.9 Å². The summed E-state index contributed by atoms with van der Waals surface area (Å²) in [6.07, 6.45) is 4.44. The van der Waals surface area contributed by atoms with Gasteiger partial charge >= 0.3 is 0 Å². The van der Waals surface area contributed by atoms with Crippen LogP contribution in [0.2, 0.25) is 0 Å². The average Bonchev–Trinajstić information content (AvgIpc) is 2.63. The standard InChI is InChI=1S/C20H19N3O5/c1-20(2)12-17(16-10-15(13-21)5-6-18(16)28-20)22-8-7-14(11-19(22)24)4-3-9-27-23(25)26/h5-8,10-12H,3-4,9H2,1-2H3. The van der Waals surface area contributed by atoms with Gasteiger partial charge < -0.3 is 9.57 Å². The highest BCUT2D eigenvalue weighted by Gasteiger charge is 2.28. The average molecular weight is 381 g/mol. The fourth-order valence-corrected chi connectivity index (χ4v) is 3.10. The molecule has 0 saturated heterocycles. The van der Waals surface area contributed by atoms with Crippen molar-refractivity contribution < 1.29 is 14.7 Å². The SMILES string of the molecule is CC1(C)C=C(n2ccc(CCCO[N+](=O)[O-])cc2=O)c2cc(C#N)ccc2O1. The summed E-state index contributed by atoms with van der Waals surface area (Å²) in [4.78, 5) is 27.2. The van der Waals surface area contributed by atoms with Crippen molar-refractivity contribution in [2.75, 3.05) is 6.61 Å². The van der Waals surface area contributed by atoms with E-state index in [4.69, 9.17) is 4.74 Å². The zero-order chi connectivity index (χ0) is 20.3. The Morgan fingerprint density at radius 2 is 2.11 bits per heavy atom. The molecule has 8 nitrogen and oxygen atoms in total. The molecule has 0 amide bonds. The van der Waals surface area contributed by atoms with Crippen LogP contribution in [0.15, 0.2) is 47.4 Å². The summed E-state index contributed by atoms with van der Waals surface area (Å²) >= 11 is 0. The second kappa shape index (κ2) is 7.56. The molecule has 144 valence electrons. The van der Waals surface area contributed by atoms with Crippen molar-refractivity contribution in [1.82, 2.24) is 4.57 Å². The van der Waals surface area contributed by atoms with Gasteiger partial charge in [0.05, 0.1) is 23.9 Å². The van der Waals surface area contributed by atoms with Gasteiger partial charge in [-0.05, 0) is 62.6 Å². The number of fused-ring (bicyclic) bond motifs is 1. The summed E-state index contributed by atoms with van der Waals surface area (Å²) in [5, 5.41) is 18.5. The second-order valence-corrected chi connectivity index (χ2v) is 6.96. The van der Waals surface area contributed by atoms with Crippen LogP contribution >= 0.6 is 0 Å². The molecule has 0 unspecified atom stereocenters. The third-order valence-electron chi connectivity index (χ3n) is 4.29. The first-order chi connectivity index (χ1) is 13.3. The number of ether oxygens (including phenoxy) is 1. The van der Waals surface area contributed by atoms with Gasteiger partial charge in [0.25, 0.3) is 10.6 Å². The predicted octanol–water partition coefficient (Wildman–Crippen LogP) is 2.92. The Morgan fingerprint density at radius 3 is 2.79 bits per heavy atom. The predicted molar refractivity (Wildman–Crippen MR) is 101 cm³/mol. The van der Waals surface area contributed by atoms with Crippen LogP contribution in [0.4, 0.5) is 0 Å². The van der Waals surface area contributed by atoms with Crippen LogP contribution in [0, 0.1) is 21.4 Å². The summed E-state index contributed by atoms with van der Waals surface area (Å²) in [5.41, 5.74) is 1.72. The van der Waals surface area contributed by atoms with Crippen LogP contribution in [0.25, 0.3) is 5.70 Å². The van der Waals surface area contributed by atoms with E-state index in [0.29, 0.717) is 35.4 Å². The van der Waals surface area contributed by atoms with Gasteiger partial charge in [0.1, 0.15) is 11.4 Å². The molecule has 0 N–H and O–H groups in total. The van der Waals surface area contributed by atoms with Crippen molar-refractivity contribution in [2.45, 2.75) is 32.3 Å². The molecule has 8 heteroatoms. The molecule has 0 aliphatic carbocycles. The van der Waals surface area contributed by atoms with E-state index in [1.807, 2.05) is 19.9 Å². The largest absolute Gasteiger partial charge is 0.483 e. The molecule has 0 atom stereocenters. The van der Waals surface area contributed by atoms with Gasteiger partial charge in [-0.25, -0.2) is 0 Å². The highest BCUT2D eigenvalue weighted by atomic mass is 16.9. The normalized spacial score (nSPS) is 14.2. The summed E-state index contributed by atoms with van der Waals surface area (Å²) < 4.78 is 7.46. The third-order valence-corrected chi connectivity index (χ3v) is 4.29. The van der Waals surface area contributed by atoms with Gasteiger partial charge in [-0.1, -0.05) is 0 Å². The van der Waals surface area contributed by atoms with E-state index in [0.717, 1.165) is 5.56 Å². The monoisotopic (exact) mass is 381 g/mol. The Kier molecular flexibility index (Phi) is 5.18. The minimum atomic E-state index is -0.829. The lowest BCUT2D eigenvalue weighted by Crippen LogP contribution is -2.32. The van der Waals surface area contributed by atoms with Crippen molar-refractivity contribution >= 4 is 5.70 Å². The summed E-state index contributed by atoms with van der Waals surface area (Å²) in [6, 6.07) is 10.5. The number of nitriles is 1. The Hall–Kier alpha value is -3.60. The van der Waals surface area contributed by atoms with Crippen molar-refractivity contribution in [3.8, 4) is 11.8 Å². The minimum Gasteiger partial charge on any atom is -0.483 e. The molecule has 0 radical (unpaired) electrons.